The highest BCUT2D eigenvalue weighted by molar-refractivity contribution is 6.90. The molecule has 0 bridgehead atoms. The monoisotopic (exact) mass is 366 g/mol. The zero-order chi connectivity index (χ0) is 19.5. The van der Waals surface area contributed by atoms with Crippen LogP contribution in [-0.2, 0) is 5.60 Å². The van der Waals surface area contributed by atoms with Crippen LogP contribution in [0.3, 0.4) is 0 Å². The van der Waals surface area contributed by atoms with E-state index in [4.69, 9.17) is 0 Å². The van der Waals surface area contributed by atoms with Crippen molar-refractivity contribution in [3.63, 3.8) is 0 Å². The molecule has 0 amide bonds. The van der Waals surface area contributed by atoms with Gasteiger partial charge in [-0.25, -0.2) is 0 Å². The molecule has 2 heteroatoms. The lowest BCUT2D eigenvalue weighted by Gasteiger charge is -2.50. The van der Waals surface area contributed by atoms with Crippen molar-refractivity contribution in [1.82, 2.24) is 0 Å². The zero-order valence-electron chi connectivity index (χ0n) is 17.2. The van der Waals surface area contributed by atoms with E-state index in [0.29, 0.717) is 16.6 Å². The molecular weight excluding hydrogens is 332 g/mol. The highest BCUT2D eigenvalue weighted by Crippen LogP contribution is 2.52. The molecule has 0 fully saturated rings. The van der Waals surface area contributed by atoms with Gasteiger partial charge in [0, 0.05) is 0 Å². The van der Waals surface area contributed by atoms with Crippen molar-refractivity contribution in [2.45, 2.75) is 63.8 Å². The first kappa shape index (κ1) is 20.7. The first-order valence-corrected chi connectivity index (χ1v) is 12.0. The maximum atomic E-state index is 12.2. The predicted octanol–water partition coefficient (Wildman–Crippen LogP) is 6.70. The molecule has 0 saturated carbocycles. The van der Waals surface area contributed by atoms with Crippen LogP contribution in [0.1, 0.15) is 52.7 Å². The summed E-state index contributed by atoms with van der Waals surface area (Å²) in [4.78, 5) is 0. The van der Waals surface area contributed by atoms with E-state index < -0.39 is 13.7 Å². The van der Waals surface area contributed by atoms with E-state index in [1.165, 1.54) is 0 Å². The summed E-state index contributed by atoms with van der Waals surface area (Å²) in [5, 5.41) is 13.3. The van der Waals surface area contributed by atoms with Gasteiger partial charge in [-0.05, 0) is 32.9 Å². The average molecular weight is 367 g/mol. The molecule has 0 unspecified atom stereocenters. The normalized spacial score (nSPS) is 12.8. The van der Waals surface area contributed by atoms with Gasteiger partial charge in [0.15, 0.2) is 0 Å². The first-order valence-electron chi connectivity index (χ1n) is 9.73. The number of rotatable bonds is 7. The highest BCUT2D eigenvalue weighted by atomic mass is 28.3. The molecule has 0 saturated heterocycles. The summed E-state index contributed by atoms with van der Waals surface area (Å²) < 4.78 is 0. The van der Waals surface area contributed by atoms with Crippen molar-refractivity contribution >= 4 is 8.07 Å². The Morgan fingerprint density at radius 3 is 1.31 bits per heavy atom. The smallest absolute Gasteiger partial charge is 0.132 e. The Hall–Kier alpha value is -1.64. The minimum atomic E-state index is -2.08. The molecule has 0 aliphatic rings. The van der Waals surface area contributed by atoms with Crippen LogP contribution < -0.4 is 0 Å². The van der Waals surface area contributed by atoms with E-state index in [2.05, 4.69) is 48.1 Å². The molecule has 0 aliphatic heterocycles. The molecule has 1 N–H and O–H groups in total. The topological polar surface area (TPSA) is 20.2 Å². The average Bonchev–Trinajstić information content (AvgIpc) is 2.62. The minimum absolute atomic E-state index is 0.494. The lowest BCUT2D eigenvalue weighted by molar-refractivity contribution is 0.127. The lowest BCUT2D eigenvalue weighted by atomic mass is 9.86. The lowest BCUT2D eigenvalue weighted by Crippen LogP contribution is -2.53. The third kappa shape index (κ3) is 3.21. The maximum absolute atomic E-state index is 12.2. The van der Waals surface area contributed by atoms with Gasteiger partial charge in [0.2, 0.25) is 0 Å². The van der Waals surface area contributed by atoms with Crippen LogP contribution >= 0.6 is 0 Å². The van der Waals surface area contributed by atoms with Crippen LogP contribution in [0, 0.1) is 0 Å². The molecule has 140 valence electrons. The van der Waals surface area contributed by atoms with E-state index in [1.54, 1.807) is 0 Å². The molecule has 0 aliphatic carbocycles. The molecular formula is C24H34OSi. The number of aliphatic hydroxyl groups is 1. The van der Waals surface area contributed by atoms with Gasteiger partial charge in [0.25, 0.3) is 0 Å². The Kier molecular flexibility index (Phi) is 6.31. The third-order valence-corrected chi connectivity index (χ3v) is 13.3. The van der Waals surface area contributed by atoms with Gasteiger partial charge in [-0.3, -0.25) is 0 Å². The van der Waals surface area contributed by atoms with Crippen molar-refractivity contribution in [2.75, 3.05) is 0 Å². The Labute approximate surface area is 160 Å². The summed E-state index contributed by atoms with van der Waals surface area (Å²) in [6, 6.07) is 20.1. The van der Waals surface area contributed by atoms with Crippen LogP contribution in [0.15, 0.2) is 72.4 Å². The molecule has 0 radical (unpaired) electrons. The molecule has 2 aromatic carbocycles. The fourth-order valence-electron chi connectivity index (χ4n) is 5.23. The Bertz CT molecular complexity index is 655. The van der Waals surface area contributed by atoms with Crippen LogP contribution in [0.25, 0.3) is 0 Å². The highest BCUT2D eigenvalue weighted by Gasteiger charge is 2.52. The van der Waals surface area contributed by atoms with Gasteiger partial charge in [-0.2, -0.15) is 0 Å². The second-order valence-corrected chi connectivity index (χ2v) is 14.3. The second kappa shape index (κ2) is 7.94. The van der Waals surface area contributed by atoms with Crippen LogP contribution in [0.4, 0.5) is 0 Å². The van der Waals surface area contributed by atoms with Gasteiger partial charge in [-0.15, -0.1) is 6.58 Å². The summed E-state index contributed by atoms with van der Waals surface area (Å²) >= 11 is 0. The van der Waals surface area contributed by atoms with Crippen LogP contribution in [-0.4, -0.2) is 13.2 Å². The van der Waals surface area contributed by atoms with Gasteiger partial charge in [0.05, 0.1) is 8.07 Å². The van der Waals surface area contributed by atoms with Gasteiger partial charge < -0.3 is 5.11 Å². The molecule has 2 aromatic rings. The largest absolute Gasteiger partial charge is 0.377 e. The Morgan fingerprint density at radius 1 is 0.731 bits per heavy atom. The SMILES string of the molecule is C=C(C(O)(c1ccccc1)c1ccccc1)[Si](C(C)C)(C(C)C)C(C)C. The molecule has 2 rings (SSSR count). The fourth-order valence-corrected chi connectivity index (χ4v) is 12.2. The molecule has 0 heterocycles. The number of benzene rings is 2. The van der Waals surface area contributed by atoms with Crippen molar-refractivity contribution in [3.8, 4) is 0 Å². The van der Waals surface area contributed by atoms with Crippen LogP contribution in [0.5, 0.6) is 0 Å². The van der Waals surface area contributed by atoms with Gasteiger partial charge >= 0.3 is 0 Å². The fraction of sp³-hybridized carbons (Fsp3) is 0.417. The van der Waals surface area contributed by atoms with E-state index in [9.17, 15) is 5.11 Å². The van der Waals surface area contributed by atoms with Crippen molar-refractivity contribution in [3.05, 3.63) is 83.6 Å². The van der Waals surface area contributed by atoms with E-state index in [0.717, 1.165) is 16.3 Å². The minimum Gasteiger partial charge on any atom is -0.377 e. The quantitative estimate of drug-likeness (QED) is 0.541. The van der Waals surface area contributed by atoms with Crippen molar-refractivity contribution in [2.24, 2.45) is 0 Å². The van der Waals surface area contributed by atoms with E-state index in [1.807, 2.05) is 60.7 Å². The van der Waals surface area contributed by atoms with Crippen molar-refractivity contribution < 1.29 is 5.11 Å². The summed E-state index contributed by atoms with van der Waals surface area (Å²) in [5.41, 5.74) is 2.15. The summed E-state index contributed by atoms with van der Waals surface area (Å²) in [7, 11) is -2.08. The maximum Gasteiger partial charge on any atom is 0.132 e. The summed E-state index contributed by atoms with van der Waals surface area (Å²) in [6.45, 7) is 18.5. The Balaban J connectivity index is 2.79. The predicted molar refractivity (Wildman–Crippen MR) is 116 cm³/mol. The zero-order valence-corrected chi connectivity index (χ0v) is 18.2. The van der Waals surface area contributed by atoms with E-state index in [-0.39, 0.29) is 0 Å². The van der Waals surface area contributed by atoms with Crippen LogP contribution in [0.2, 0.25) is 16.6 Å². The first-order chi connectivity index (χ1) is 12.2. The Morgan fingerprint density at radius 2 is 1.04 bits per heavy atom. The summed E-state index contributed by atoms with van der Waals surface area (Å²) in [6.07, 6.45) is 0. The molecule has 0 spiro atoms. The van der Waals surface area contributed by atoms with Crippen molar-refractivity contribution in [1.29, 1.82) is 0 Å². The number of hydrogen-bond acceptors (Lipinski definition) is 1. The van der Waals surface area contributed by atoms with Gasteiger partial charge in [0.1, 0.15) is 5.60 Å². The molecule has 0 aromatic heterocycles. The second-order valence-electron chi connectivity index (χ2n) is 8.32. The molecule has 0 atom stereocenters. The molecule has 1 nitrogen and oxygen atoms in total. The third-order valence-electron chi connectivity index (χ3n) is 6.21. The summed E-state index contributed by atoms with van der Waals surface area (Å²) in [5.74, 6) is 0. The number of hydrogen-bond donors (Lipinski definition) is 1. The molecule has 26 heavy (non-hydrogen) atoms. The van der Waals surface area contributed by atoms with E-state index >= 15 is 0 Å². The van der Waals surface area contributed by atoms with Gasteiger partial charge in [-0.1, -0.05) is 102 Å². The standard InChI is InChI=1S/C24H34OSi/c1-18(2)26(19(3)4,20(5)6)21(7)24(25,22-14-10-8-11-15-22)23-16-12-9-13-17-23/h8-20,25H,7H2,1-6H3.